The van der Waals surface area contributed by atoms with E-state index in [9.17, 15) is 4.79 Å². The number of carbonyl (C=O) groups is 1. The Bertz CT molecular complexity index is 1220. The summed E-state index contributed by atoms with van der Waals surface area (Å²) in [7, 11) is 0. The SMILES string of the molecule is Cc1ccccc1C(=O)NCCc1nc2ccccc2n1CCCCOc1ccc(Cl)cc1. The topological polar surface area (TPSA) is 56.2 Å². The number of para-hydroxylation sites is 2. The molecule has 3 aromatic carbocycles. The average molecular weight is 462 g/mol. The predicted molar refractivity (Wildman–Crippen MR) is 133 cm³/mol. The van der Waals surface area contributed by atoms with E-state index in [-0.39, 0.29) is 5.91 Å². The van der Waals surface area contributed by atoms with Crippen LogP contribution in [0.25, 0.3) is 11.0 Å². The Morgan fingerprint density at radius 2 is 1.76 bits per heavy atom. The van der Waals surface area contributed by atoms with Gasteiger partial charge in [0.15, 0.2) is 0 Å². The summed E-state index contributed by atoms with van der Waals surface area (Å²) in [6, 6.07) is 23.2. The zero-order chi connectivity index (χ0) is 23.0. The van der Waals surface area contributed by atoms with Crippen molar-refractivity contribution < 1.29 is 9.53 Å². The highest BCUT2D eigenvalue weighted by Gasteiger charge is 2.12. The number of nitrogens with zero attached hydrogens (tertiary/aromatic N) is 2. The van der Waals surface area contributed by atoms with Crippen molar-refractivity contribution in [2.45, 2.75) is 32.7 Å². The van der Waals surface area contributed by atoms with Gasteiger partial charge in [0, 0.05) is 30.1 Å². The fourth-order valence-electron chi connectivity index (χ4n) is 3.87. The van der Waals surface area contributed by atoms with Crippen molar-refractivity contribution in [1.29, 1.82) is 0 Å². The predicted octanol–water partition coefficient (Wildman–Crippen LogP) is 5.83. The molecule has 0 spiro atoms. The number of ether oxygens (including phenoxy) is 1. The summed E-state index contributed by atoms with van der Waals surface area (Å²) in [5.74, 6) is 1.77. The largest absolute Gasteiger partial charge is 0.494 e. The van der Waals surface area contributed by atoms with E-state index in [2.05, 4.69) is 16.0 Å². The normalized spacial score (nSPS) is 11.0. The van der Waals surface area contributed by atoms with Gasteiger partial charge in [0.25, 0.3) is 5.91 Å². The highest BCUT2D eigenvalue weighted by atomic mass is 35.5. The number of fused-ring (bicyclic) bond motifs is 1. The van der Waals surface area contributed by atoms with Gasteiger partial charge in [0.2, 0.25) is 0 Å². The summed E-state index contributed by atoms with van der Waals surface area (Å²) < 4.78 is 8.07. The molecule has 0 aliphatic carbocycles. The Morgan fingerprint density at radius 1 is 1.00 bits per heavy atom. The van der Waals surface area contributed by atoms with E-state index in [4.69, 9.17) is 21.3 Å². The van der Waals surface area contributed by atoms with Gasteiger partial charge >= 0.3 is 0 Å². The zero-order valence-corrected chi connectivity index (χ0v) is 19.5. The second-order valence-corrected chi connectivity index (χ2v) is 8.44. The third-order valence-corrected chi connectivity index (χ3v) is 5.87. The molecule has 0 atom stereocenters. The highest BCUT2D eigenvalue weighted by Crippen LogP contribution is 2.19. The van der Waals surface area contributed by atoms with Gasteiger partial charge in [-0.1, -0.05) is 41.9 Å². The lowest BCUT2D eigenvalue weighted by Gasteiger charge is -2.11. The Kier molecular flexibility index (Phi) is 7.63. The van der Waals surface area contributed by atoms with Gasteiger partial charge in [-0.25, -0.2) is 4.98 Å². The number of aromatic nitrogens is 2. The van der Waals surface area contributed by atoms with E-state index in [0.717, 1.165) is 47.6 Å². The molecule has 1 heterocycles. The minimum atomic E-state index is -0.0462. The standard InChI is InChI=1S/C27H28ClN3O2/c1-20-8-2-3-9-23(20)27(32)29-17-16-26-30-24-10-4-5-11-25(24)31(26)18-6-7-19-33-22-14-12-21(28)13-15-22/h2-5,8-15H,6-7,16-19H2,1H3,(H,29,32). The smallest absolute Gasteiger partial charge is 0.251 e. The summed E-state index contributed by atoms with van der Waals surface area (Å²) in [6.45, 7) is 3.99. The molecule has 0 fully saturated rings. The van der Waals surface area contributed by atoms with E-state index >= 15 is 0 Å². The van der Waals surface area contributed by atoms with Crippen molar-refractivity contribution in [3.8, 4) is 5.75 Å². The molecule has 0 radical (unpaired) electrons. The van der Waals surface area contributed by atoms with Crippen LogP contribution < -0.4 is 10.1 Å². The molecule has 4 aromatic rings. The summed E-state index contributed by atoms with van der Waals surface area (Å²) in [4.78, 5) is 17.4. The van der Waals surface area contributed by atoms with E-state index in [0.29, 0.717) is 30.2 Å². The number of rotatable bonds is 10. The minimum Gasteiger partial charge on any atom is -0.494 e. The summed E-state index contributed by atoms with van der Waals surface area (Å²) >= 11 is 5.92. The molecule has 33 heavy (non-hydrogen) atoms. The molecule has 0 saturated carbocycles. The summed E-state index contributed by atoms with van der Waals surface area (Å²) in [5.41, 5.74) is 3.79. The van der Waals surface area contributed by atoms with Crippen LogP contribution in [0.5, 0.6) is 5.75 Å². The van der Waals surface area contributed by atoms with Gasteiger partial charge < -0.3 is 14.6 Å². The Morgan fingerprint density at radius 3 is 2.58 bits per heavy atom. The lowest BCUT2D eigenvalue weighted by molar-refractivity contribution is 0.0953. The van der Waals surface area contributed by atoms with Crippen molar-refractivity contribution >= 4 is 28.5 Å². The van der Waals surface area contributed by atoms with Crippen LogP contribution in [0.15, 0.2) is 72.8 Å². The molecule has 0 saturated heterocycles. The number of aryl methyl sites for hydroxylation is 2. The number of hydrogen-bond acceptors (Lipinski definition) is 3. The van der Waals surface area contributed by atoms with Crippen LogP contribution in [-0.4, -0.2) is 28.6 Å². The minimum absolute atomic E-state index is 0.0462. The van der Waals surface area contributed by atoms with Crippen LogP contribution in [-0.2, 0) is 13.0 Å². The van der Waals surface area contributed by atoms with Gasteiger partial charge in [-0.3, -0.25) is 4.79 Å². The number of imidazole rings is 1. The lowest BCUT2D eigenvalue weighted by atomic mass is 10.1. The maximum atomic E-state index is 12.5. The number of hydrogen-bond donors (Lipinski definition) is 1. The van der Waals surface area contributed by atoms with E-state index in [1.165, 1.54) is 0 Å². The molecule has 1 aromatic heterocycles. The molecule has 1 N–H and O–H groups in total. The first-order chi connectivity index (χ1) is 16.1. The van der Waals surface area contributed by atoms with Crippen LogP contribution in [0.4, 0.5) is 0 Å². The van der Waals surface area contributed by atoms with Gasteiger partial charge in [-0.15, -0.1) is 0 Å². The van der Waals surface area contributed by atoms with Crippen molar-refractivity contribution in [2.24, 2.45) is 0 Å². The molecular formula is C27H28ClN3O2. The van der Waals surface area contributed by atoms with Gasteiger partial charge in [-0.05, 0) is 67.8 Å². The summed E-state index contributed by atoms with van der Waals surface area (Å²) in [6.07, 6.45) is 2.57. The molecule has 5 nitrogen and oxygen atoms in total. The maximum absolute atomic E-state index is 12.5. The zero-order valence-electron chi connectivity index (χ0n) is 18.8. The molecule has 0 unspecified atom stereocenters. The number of halogens is 1. The highest BCUT2D eigenvalue weighted by molar-refractivity contribution is 6.30. The Hall–Kier alpha value is -3.31. The third kappa shape index (κ3) is 5.93. The van der Waals surface area contributed by atoms with E-state index in [1.54, 1.807) is 0 Å². The van der Waals surface area contributed by atoms with Crippen LogP contribution in [0.3, 0.4) is 0 Å². The molecule has 6 heteroatoms. The number of amides is 1. The molecule has 1 amide bonds. The Balaban J connectivity index is 1.33. The van der Waals surface area contributed by atoms with Crippen LogP contribution in [0, 0.1) is 6.92 Å². The molecular weight excluding hydrogens is 434 g/mol. The molecule has 170 valence electrons. The van der Waals surface area contributed by atoms with Crippen molar-refractivity contribution in [1.82, 2.24) is 14.9 Å². The number of carbonyl (C=O) groups excluding carboxylic acids is 1. The molecule has 0 aliphatic rings. The van der Waals surface area contributed by atoms with Crippen molar-refractivity contribution in [3.05, 3.63) is 94.8 Å². The second-order valence-electron chi connectivity index (χ2n) is 8.00. The number of benzene rings is 3. The van der Waals surface area contributed by atoms with Crippen LogP contribution in [0.1, 0.15) is 34.6 Å². The van der Waals surface area contributed by atoms with Crippen molar-refractivity contribution in [2.75, 3.05) is 13.2 Å². The number of unbranched alkanes of at least 4 members (excludes halogenated alkanes) is 1. The second kappa shape index (κ2) is 11.0. The fraction of sp³-hybridized carbons (Fsp3) is 0.259. The average Bonchev–Trinajstić information content (AvgIpc) is 3.17. The van der Waals surface area contributed by atoms with Gasteiger partial charge in [-0.2, -0.15) is 0 Å². The van der Waals surface area contributed by atoms with E-state index in [1.807, 2.05) is 73.7 Å². The maximum Gasteiger partial charge on any atom is 0.251 e. The molecule has 0 bridgehead atoms. The van der Waals surface area contributed by atoms with Crippen LogP contribution in [0.2, 0.25) is 5.02 Å². The van der Waals surface area contributed by atoms with E-state index < -0.39 is 0 Å². The quantitative estimate of drug-likeness (QED) is 0.302. The lowest BCUT2D eigenvalue weighted by Crippen LogP contribution is -2.27. The third-order valence-electron chi connectivity index (χ3n) is 5.62. The fourth-order valence-corrected chi connectivity index (χ4v) is 4.00. The molecule has 0 aliphatic heterocycles. The summed E-state index contributed by atoms with van der Waals surface area (Å²) in [5, 5.41) is 3.74. The van der Waals surface area contributed by atoms with Crippen molar-refractivity contribution in [3.63, 3.8) is 0 Å². The first-order valence-electron chi connectivity index (χ1n) is 11.3. The van der Waals surface area contributed by atoms with Gasteiger partial charge in [0.05, 0.1) is 17.6 Å². The Labute approximate surface area is 199 Å². The van der Waals surface area contributed by atoms with Crippen LogP contribution >= 0.6 is 11.6 Å². The first-order valence-corrected chi connectivity index (χ1v) is 11.7. The number of nitrogens with one attached hydrogen (secondary N) is 1. The van der Waals surface area contributed by atoms with Gasteiger partial charge in [0.1, 0.15) is 11.6 Å². The first kappa shape index (κ1) is 22.9. The molecule has 4 rings (SSSR count). The monoisotopic (exact) mass is 461 g/mol.